The first-order chi connectivity index (χ1) is 9.63. The number of benzene rings is 1. The first-order valence-electron chi connectivity index (χ1n) is 6.67. The van der Waals surface area contributed by atoms with Crippen LogP contribution < -0.4 is 5.32 Å². The molecule has 0 aliphatic carbocycles. The Kier molecular flexibility index (Phi) is 7.35. The molecule has 1 aromatic rings. The summed E-state index contributed by atoms with van der Waals surface area (Å²) in [7, 11) is 3.35. The fourth-order valence-corrected chi connectivity index (χ4v) is 1.72. The molecule has 0 heterocycles. The molecule has 0 bridgehead atoms. The van der Waals surface area contributed by atoms with Gasteiger partial charge in [0.15, 0.2) is 0 Å². The second-order valence-electron chi connectivity index (χ2n) is 4.60. The number of likely N-dealkylation sites (N-methyl/N-ethyl adjacent to an activating group) is 1. The fourth-order valence-electron chi connectivity index (χ4n) is 1.72. The van der Waals surface area contributed by atoms with Crippen molar-refractivity contribution in [2.45, 2.75) is 12.8 Å². The summed E-state index contributed by atoms with van der Waals surface area (Å²) in [6, 6.07) is 9.45. The van der Waals surface area contributed by atoms with Gasteiger partial charge in [-0.1, -0.05) is 30.3 Å². The molecule has 0 aliphatic heterocycles. The number of hydrogen-bond donors (Lipinski definition) is 1. The Morgan fingerprint density at radius 3 is 2.60 bits per heavy atom. The van der Waals surface area contributed by atoms with Gasteiger partial charge in [0.1, 0.15) is 0 Å². The average molecular weight is 278 g/mol. The minimum Gasteiger partial charge on any atom is -0.385 e. The number of nitrogens with zero attached hydrogens (tertiary/aromatic N) is 1. The van der Waals surface area contributed by atoms with Crippen LogP contribution in [0.15, 0.2) is 30.3 Å². The van der Waals surface area contributed by atoms with Gasteiger partial charge < -0.3 is 15.0 Å². The molecule has 0 fully saturated rings. The SMILES string of the molecule is COCCCN(C)C(=O)CNC(=O)Cc1ccccc1. The number of carbonyl (C=O) groups is 2. The van der Waals surface area contributed by atoms with E-state index in [1.54, 1.807) is 19.1 Å². The molecule has 5 heteroatoms. The van der Waals surface area contributed by atoms with Gasteiger partial charge in [-0.2, -0.15) is 0 Å². The van der Waals surface area contributed by atoms with Crippen LogP contribution in [-0.4, -0.2) is 50.6 Å². The summed E-state index contributed by atoms with van der Waals surface area (Å²) in [5.41, 5.74) is 0.936. The smallest absolute Gasteiger partial charge is 0.241 e. The summed E-state index contributed by atoms with van der Waals surface area (Å²) in [5, 5.41) is 2.64. The Morgan fingerprint density at radius 1 is 1.25 bits per heavy atom. The molecular formula is C15H22N2O3. The van der Waals surface area contributed by atoms with Crippen LogP contribution in [0, 0.1) is 0 Å². The van der Waals surface area contributed by atoms with E-state index in [0.29, 0.717) is 19.6 Å². The lowest BCUT2D eigenvalue weighted by Gasteiger charge is -2.17. The van der Waals surface area contributed by atoms with Gasteiger partial charge in [0, 0.05) is 27.3 Å². The molecule has 0 saturated carbocycles. The lowest BCUT2D eigenvalue weighted by Crippen LogP contribution is -2.39. The van der Waals surface area contributed by atoms with Crippen molar-refractivity contribution in [3.05, 3.63) is 35.9 Å². The van der Waals surface area contributed by atoms with Gasteiger partial charge in [-0.15, -0.1) is 0 Å². The fraction of sp³-hybridized carbons (Fsp3) is 0.467. The molecule has 0 radical (unpaired) electrons. The average Bonchev–Trinajstić information content (AvgIpc) is 2.46. The van der Waals surface area contributed by atoms with Crippen LogP contribution >= 0.6 is 0 Å². The highest BCUT2D eigenvalue weighted by Crippen LogP contribution is 1.99. The van der Waals surface area contributed by atoms with Crippen LogP contribution in [-0.2, 0) is 20.7 Å². The molecule has 0 atom stereocenters. The van der Waals surface area contributed by atoms with E-state index in [2.05, 4.69) is 5.32 Å². The van der Waals surface area contributed by atoms with Crippen molar-refractivity contribution in [1.82, 2.24) is 10.2 Å². The van der Waals surface area contributed by atoms with E-state index in [4.69, 9.17) is 4.74 Å². The summed E-state index contributed by atoms with van der Waals surface area (Å²) >= 11 is 0. The summed E-state index contributed by atoms with van der Waals surface area (Å²) in [5.74, 6) is -0.239. The van der Waals surface area contributed by atoms with Crippen molar-refractivity contribution >= 4 is 11.8 Å². The van der Waals surface area contributed by atoms with Crippen molar-refractivity contribution in [3.8, 4) is 0 Å². The highest BCUT2D eigenvalue weighted by atomic mass is 16.5. The molecule has 1 aromatic carbocycles. The van der Waals surface area contributed by atoms with E-state index in [9.17, 15) is 9.59 Å². The quantitative estimate of drug-likeness (QED) is 0.717. The third-order valence-corrected chi connectivity index (χ3v) is 2.91. The summed E-state index contributed by atoms with van der Waals surface area (Å²) in [4.78, 5) is 25.1. The summed E-state index contributed by atoms with van der Waals surface area (Å²) in [6.07, 6.45) is 1.08. The zero-order valence-corrected chi connectivity index (χ0v) is 12.1. The van der Waals surface area contributed by atoms with Gasteiger partial charge in [-0.3, -0.25) is 9.59 Å². The van der Waals surface area contributed by atoms with Crippen LogP contribution in [0.5, 0.6) is 0 Å². The number of rotatable bonds is 8. The van der Waals surface area contributed by atoms with Gasteiger partial charge in [-0.05, 0) is 12.0 Å². The second-order valence-corrected chi connectivity index (χ2v) is 4.60. The molecule has 110 valence electrons. The molecule has 0 unspecified atom stereocenters. The molecule has 1 N–H and O–H groups in total. The Labute approximate surface area is 119 Å². The largest absolute Gasteiger partial charge is 0.385 e. The first-order valence-corrected chi connectivity index (χ1v) is 6.67. The Morgan fingerprint density at radius 2 is 1.95 bits per heavy atom. The van der Waals surface area contributed by atoms with E-state index in [1.807, 2.05) is 30.3 Å². The van der Waals surface area contributed by atoms with E-state index >= 15 is 0 Å². The maximum absolute atomic E-state index is 11.8. The maximum Gasteiger partial charge on any atom is 0.241 e. The summed E-state index contributed by atoms with van der Waals surface area (Å²) < 4.78 is 4.93. The van der Waals surface area contributed by atoms with Crippen molar-refractivity contribution < 1.29 is 14.3 Å². The monoisotopic (exact) mass is 278 g/mol. The topological polar surface area (TPSA) is 58.6 Å². The normalized spacial score (nSPS) is 10.1. The number of amides is 2. The third-order valence-electron chi connectivity index (χ3n) is 2.91. The van der Waals surface area contributed by atoms with Crippen LogP contribution in [0.2, 0.25) is 0 Å². The van der Waals surface area contributed by atoms with Crippen molar-refractivity contribution in [2.75, 3.05) is 33.9 Å². The number of nitrogens with one attached hydrogen (secondary N) is 1. The standard InChI is InChI=1S/C15H22N2O3/c1-17(9-6-10-20-2)15(19)12-16-14(18)11-13-7-4-3-5-8-13/h3-5,7-8H,6,9-12H2,1-2H3,(H,16,18). The van der Waals surface area contributed by atoms with Gasteiger partial charge in [0.25, 0.3) is 0 Å². The van der Waals surface area contributed by atoms with Crippen LogP contribution in [0.1, 0.15) is 12.0 Å². The molecule has 20 heavy (non-hydrogen) atoms. The maximum atomic E-state index is 11.8. The number of carbonyl (C=O) groups excluding carboxylic acids is 2. The van der Waals surface area contributed by atoms with E-state index in [1.165, 1.54) is 0 Å². The second kappa shape index (κ2) is 9.09. The molecule has 0 saturated heterocycles. The Balaban J connectivity index is 2.24. The number of ether oxygens (including phenoxy) is 1. The molecule has 0 aromatic heterocycles. The zero-order chi connectivity index (χ0) is 14.8. The zero-order valence-electron chi connectivity index (χ0n) is 12.1. The lowest BCUT2D eigenvalue weighted by molar-refractivity contribution is -0.131. The van der Waals surface area contributed by atoms with Crippen LogP contribution in [0.3, 0.4) is 0 Å². The number of methoxy groups -OCH3 is 1. The Hall–Kier alpha value is -1.88. The molecule has 2 amide bonds. The van der Waals surface area contributed by atoms with E-state index in [0.717, 1.165) is 12.0 Å². The van der Waals surface area contributed by atoms with Crippen LogP contribution in [0.25, 0.3) is 0 Å². The molecule has 0 spiro atoms. The van der Waals surface area contributed by atoms with Crippen molar-refractivity contribution in [1.29, 1.82) is 0 Å². The van der Waals surface area contributed by atoms with E-state index < -0.39 is 0 Å². The molecular weight excluding hydrogens is 256 g/mol. The number of hydrogen-bond acceptors (Lipinski definition) is 3. The van der Waals surface area contributed by atoms with Crippen LogP contribution in [0.4, 0.5) is 0 Å². The van der Waals surface area contributed by atoms with Crippen molar-refractivity contribution in [2.24, 2.45) is 0 Å². The third kappa shape index (κ3) is 6.33. The van der Waals surface area contributed by atoms with E-state index in [-0.39, 0.29) is 18.4 Å². The molecule has 5 nitrogen and oxygen atoms in total. The Bertz CT molecular complexity index is 420. The minimum absolute atomic E-state index is 0.0369. The van der Waals surface area contributed by atoms with Gasteiger partial charge in [0.2, 0.25) is 11.8 Å². The highest BCUT2D eigenvalue weighted by molar-refractivity contribution is 5.85. The lowest BCUT2D eigenvalue weighted by atomic mass is 10.1. The van der Waals surface area contributed by atoms with Crippen molar-refractivity contribution in [3.63, 3.8) is 0 Å². The summed E-state index contributed by atoms with van der Waals surface area (Å²) in [6.45, 7) is 1.29. The predicted molar refractivity (Wildman–Crippen MR) is 77.3 cm³/mol. The van der Waals surface area contributed by atoms with Gasteiger partial charge >= 0.3 is 0 Å². The molecule has 1 rings (SSSR count). The molecule has 0 aliphatic rings. The minimum atomic E-state index is -0.144. The highest BCUT2D eigenvalue weighted by Gasteiger charge is 2.10. The predicted octanol–water partition coefficient (Wildman–Crippen LogP) is 0.840. The first kappa shape index (κ1) is 16.2. The van der Waals surface area contributed by atoms with Gasteiger partial charge in [0.05, 0.1) is 13.0 Å². The van der Waals surface area contributed by atoms with Gasteiger partial charge in [-0.25, -0.2) is 0 Å².